The molecular formula is C12H15BrN2O4. The van der Waals surface area contributed by atoms with Gasteiger partial charge in [0.15, 0.2) is 6.10 Å². The van der Waals surface area contributed by atoms with Gasteiger partial charge in [-0.05, 0) is 28.9 Å². The number of amides is 1. The lowest BCUT2D eigenvalue weighted by molar-refractivity contribution is -0.154. The van der Waals surface area contributed by atoms with E-state index in [1.54, 1.807) is 6.07 Å². The summed E-state index contributed by atoms with van der Waals surface area (Å²) in [7, 11) is 0. The molecule has 0 aliphatic carbocycles. The first kappa shape index (κ1) is 14.1. The number of aromatic nitrogens is 1. The third kappa shape index (κ3) is 2.98. The van der Waals surface area contributed by atoms with Crippen LogP contribution in [0.2, 0.25) is 0 Å². The molecule has 1 amide bonds. The number of rotatable bonds is 3. The minimum absolute atomic E-state index is 0.0840. The largest absolute Gasteiger partial charge is 0.479 e. The van der Waals surface area contributed by atoms with E-state index in [-0.39, 0.29) is 19.1 Å². The van der Waals surface area contributed by atoms with Crippen LogP contribution in [-0.4, -0.2) is 52.3 Å². The Kier molecular flexibility index (Phi) is 4.26. The minimum Gasteiger partial charge on any atom is -0.479 e. The van der Waals surface area contributed by atoms with Crippen LogP contribution in [0.5, 0.6) is 0 Å². The van der Waals surface area contributed by atoms with Crippen molar-refractivity contribution in [3.8, 4) is 0 Å². The molecule has 104 valence electrons. The average Bonchev–Trinajstić information content (AvgIpc) is 2.79. The normalized spacial score (nSPS) is 19.5. The van der Waals surface area contributed by atoms with Crippen molar-refractivity contribution in [3.05, 3.63) is 22.4 Å². The predicted molar refractivity (Wildman–Crippen MR) is 71.1 cm³/mol. The number of carboxylic acids is 1. The Morgan fingerprint density at radius 3 is 2.95 bits per heavy atom. The lowest BCUT2D eigenvalue weighted by atomic mass is 10.2. The highest BCUT2D eigenvalue weighted by Crippen LogP contribution is 2.18. The number of carbonyl (C=O) groups excluding carboxylic acids is 1. The smallest absolute Gasteiger partial charge is 0.334 e. The third-order valence-electron chi connectivity index (χ3n) is 3.05. The topological polar surface area (TPSA) is 71.8 Å². The van der Waals surface area contributed by atoms with Crippen molar-refractivity contribution in [1.82, 2.24) is 9.47 Å². The van der Waals surface area contributed by atoms with E-state index >= 15 is 0 Å². The quantitative estimate of drug-likeness (QED) is 0.903. The van der Waals surface area contributed by atoms with E-state index in [4.69, 9.17) is 9.84 Å². The van der Waals surface area contributed by atoms with Gasteiger partial charge >= 0.3 is 5.97 Å². The van der Waals surface area contributed by atoms with Gasteiger partial charge in [-0.3, -0.25) is 4.79 Å². The number of halogens is 1. The molecule has 0 unspecified atom stereocenters. The molecule has 2 rings (SSSR count). The summed E-state index contributed by atoms with van der Waals surface area (Å²) in [5.41, 5.74) is 0.556. The zero-order valence-corrected chi connectivity index (χ0v) is 12.1. The maximum absolute atomic E-state index is 12.4. The average molecular weight is 331 g/mol. The molecule has 1 fully saturated rings. The molecule has 1 atom stereocenters. The maximum atomic E-state index is 12.4. The lowest BCUT2D eigenvalue weighted by Gasteiger charge is -2.31. The van der Waals surface area contributed by atoms with Crippen molar-refractivity contribution >= 4 is 27.8 Å². The van der Waals surface area contributed by atoms with E-state index in [1.807, 2.05) is 17.7 Å². The van der Waals surface area contributed by atoms with Crippen molar-refractivity contribution in [1.29, 1.82) is 0 Å². The van der Waals surface area contributed by atoms with Gasteiger partial charge in [-0.15, -0.1) is 0 Å². The number of hydrogen-bond donors (Lipinski definition) is 1. The van der Waals surface area contributed by atoms with Crippen LogP contribution in [0.25, 0.3) is 0 Å². The Bertz CT molecular complexity index is 500. The molecule has 0 spiro atoms. The van der Waals surface area contributed by atoms with E-state index in [2.05, 4.69) is 15.9 Å². The van der Waals surface area contributed by atoms with E-state index in [0.29, 0.717) is 18.8 Å². The standard InChI is InChI=1S/C12H15BrN2O4/c1-2-14-6-8(13)5-9(14)11(16)15-3-4-19-10(7-15)12(17)18/h5-6,10H,2-4,7H2,1H3,(H,17,18)/t10-/m1/s1. The molecule has 0 radical (unpaired) electrons. The Hall–Kier alpha value is -1.34. The fraction of sp³-hybridized carbons (Fsp3) is 0.500. The molecule has 1 saturated heterocycles. The fourth-order valence-corrected chi connectivity index (χ4v) is 2.52. The molecule has 1 aromatic heterocycles. The molecule has 0 aromatic carbocycles. The third-order valence-corrected chi connectivity index (χ3v) is 3.49. The number of nitrogens with zero attached hydrogens (tertiary/aromatic N) is 2. The molecule has 7 heteroatoms. The molecule has 0 bridgehead atoms. The van der Waals surface area contributed by atoms with Crippen LogP contribution in [0.1, 0.15) is 17.4 Å². The second kappa shape index (κ2) is 5.75. The zero-order chi connectivity index (χ0) is 14.0. The van der Waals surface area contributed by atoms with Crippen molar-refractivity contribution < 1.29 is 19.4 Å². The fourth-order valence-electron chi connectivity index (χ4n) is 2.06. The summed E-state index contributed by atoms with van der Waals surface area (Å²) in [6.45, 7) is 3.37. The Morgan fingerprint density at radius 1 is 1.58 bits per heavy atom. The molecular weight excluding hydrogens is 316 g/mol. The van der Waals surface area contributed by atoms with Crippen LogP contribution in [0.15, 0.2) is 16.7 Å². The molecule has 1 aromatic rings. The summed E-state index contributed by atoms with van der Waals surface area (Å²) in [6, 6.07) is 1.75. The van der Waals surface area contributed by atoms with E-state index in [0.717, 1.165) is 4.47 Å². The number of morpholine rings is 1. The highest BCUT2D eigenvalue weighted by molar-refractivity contribution is 9.10. The van der Waals surface area contributed by atoms with Crippen molar-refractivity contribution in [2.75, 3.05) is 19.7 Å². The number of ether oxygens (including phenoxy) is 1. The first-order chi connectivity index (χ1) is 9.02. The highest BCUT2D eigenvalue weighted by atomic mass is 79.9. The van der Waals surface area contributed by atoms with Crippen LogP contribution in [0.3, 0.4) is 0 Å². The van der Waals surface area contributed by atoms with Crippen molar-refractivity contribution in [2.24, 2.45) is 0 Å². The van der Waals surface area contributed by atoms with Crippen LogP contribution in [-0.2, 0) is 16.1 Å². The van der Waals surface area contributed by atoms with Gasteiger partial charge in [0.1, 0.15) is 5.69 Å². The van der Waals surface area contributed by atoms with Gasteiger partial charge in [0.25, 0.3) is 5.91 Å². The van der Waals surface area contributed by atoms with Gasteiger partial charge < -0.3 is 19.3 Å². The molecule has 1 N–H and O–H groups in total. The van der Waals surface area contributed by atoms with Crippen LogP contribution >= 0.6 is 15.9 Å². The Morgan fingerprint density at radius 2 is 2.32 bits per heavy atom. The molecule has 19 heavy (non-hydrogen) atoms. The van der Waals surface area contributed by atoms with Crippen LogP contribution in [0.4, 0.5) is 0 Å². The number of carbonyl (C=O) groups is 2. The number of aryl methyl sites for hydroxylation is 1. The highest BCUT2D eigenvalue weighted by Gasteiger charge is 2.30. The summed E-state index contributed by atoms with van der Waals surface area (Å²) >= 11 is 3.34. The summed E-state index contributed by atoms with van der Waals surface area (Å²) < 4.78 is 7.77. The predicted octanol–water partition coefficient (Wildman–Crippen LogP) is 1.20. The van der Waals surface area contributed by atoms with E-state index < -0.39 is 12.1 Å². The van der Waals surface area contributed by atoms with Crippen LogP contribution < -0.4 is 0 Å². The number of hydrogen-bond acceptors (Lipinski definition) is 3. The molecule has 2 heterocycles. The second-order valence-electron chi connectivity index (χ2n) is 4.28. The van der Waals surface area contributed by atoms with Gasteiger partial charge in [0.2, 0.25) is 0 Å². The molecule has 0 saturated carbocycles. The second-order valence-corrected chi connectivity index (χ2v) is 5.19. The summed E-state index contributed by atoms with van der Waals surface area (Å²) in [6.07, 6.45) is 0.897. The molecule has 6 nitrogen and oxygen atoms in total. The van der Waals surface area contributed by atoms with E-state index in [1.165, 1.54) is 4.90 Å². The number of carboxylic acid groups (broad SMARTS) is 1. The molecule has 1 aliphatic heterocycles. The maximum Gasteiger partial charge on any atom is 0.334 e. The SMILES string of the molecule is CCn1cc(Br)cc1C(=O)N1CCO[C@@H](C(=O)O)C1. The Balaban J connectivity index is 2.16. The summed E-state index contributed by atoms with van der Waals surface area (Å²) in [4.78, 5) is 24.8. The van der Waals surface area contributed by atoms with Gasteiger partial charge in [0.05, 0.1) is 13.2 Å². The molecule has 1 aliphatic rings. The monoisotopic (exact) mass is 330 g/mol. The Labute approximate surface area is 119 Å². The van der Waals surface area contributed by atoms with Gasteiger partial charge in [-0.25, -0.2) is 4.79 Å². The van der Waals surface area contributed by atoms with Gasteiger partial charge in [0, 0.05) is 23.8 Å². The van der Waals surface area contributed by atoms with Gasteiger partial charge in [-0.1, -0.05) is 0 Å². The zero-order valence-electron chi connectivity index (χ0n) is 10.5. The summed E-state index contributed by atoms with van der Waals surface area (Å²) in [5.74, 6) is -1.20. The van der Waals surface area contributed by atoms with E-state index in [9.17, 15) is 9.59 Å². The van der Waals surface area contributed by atoms with Crippen molar-refractivity contribution in [2.45, 2.75) is 19.6 Å². The first-order valence-corrected chi connectivity index (χ1v) is 6.81. The minimum atomic E-state index is -1.04. The first-order valence-electron chi connectivity index (χ1n) is 6.02. The van der Waals surface area contributed by atoms with Crippen molar-refractivity contribution in [3.63, 3.8) is 0 Å². The van der Waals surface area contributed by atoms with Crippen LogP contribution in [0, 0.1) is 0 Å². The van der Waals surface area contributed by atoms with Gasteiger partial charge in [-0.2, -0.15) is 0 Å². The summed E-state index contributed by atoms with van der Waals surface area (Å²) in [5, 5.41) is 8.94. The lowest BCUT2D eigenvalue weighted by Crippen LogP contribution is -2.48. The number of aliphatic carboxylic acids is 1.